The van der Waals surface area contributed by atoms with Crippen LogP contribution in [0.3, 0.4) is 0 Å². The van der Waals surface area contributed by atoms with Crippen molar-refractivity contribution in [3.8, 4) is 5.75 Å². The summed E-state index contributed by atoms with van der Waals surface area (Å²) >= 11 is 0. The van der Waals surface area contributed by atoms with Gasteiger partial charge in [0.15, 0.2) is 0 Å². The van der Waals surface area contributed by atoms with Gasteiger partial charge < -0.3 is 4.74 Å². The Morgan fingerprint density at radius 1 is 1.08 bits per heavy atom. The highest BCUT2D eigenvalue weighted by Gasteiger charge is 2.29. The molecule has 0 amide bonds. The van der Waals surface area contributed by atoms with Crippen molar-refractivity contribution in [1.29, 1.82) is 0 Å². The Kier molecular flexibility index (Phi) is 4.87. The average molecular weight is 356 g/mol. The number of alkyl halides is 2. The molecule has 0 N–H and O–H groups in total. The highest BCUT2D eigenvalue weighted by molar-refractivity contribution is 5.58. The van der Waals surface area contributed by atoms with Gasteiger partial charge in [-0.2, -0.15) is 5.10 Å². The fraction of sp³-hybridized carbons (Fsp3) is 0.381. The predicted octanol–water partition coefficient (Wildman–Crippen LogP) is 5.45. The van der Waals surface area contributed by atoms with E-state index in [2.05, 4.69) is 5.10 Å². The van der Waals surface area contributed by atoms with Gasteiger partial charge in [-0.1, -0.05) is 30.3 Å². The van der Waals surface area contributed by atoms with Crippen molar-refractivity contribution in [2.45, 2.75) is 44.6 Å². The van der Waals surface area contributed by atoms with Crippen molar-refractivity contribution < 1.29 is 13.5 Å². The first-order valence-corrected chi connectivity index (χ1v) is 9.13. The van der Waals surface area contributed by atoms with E-state index in [-0.39, 0.29) is 0 Å². The van der Waals surface area contributed by atoms with Gasteiger partial charge in [-0.3, -0.25) is 0 Å². The molecule has 1 fully saturated rings. The van der Waals surface area contributed by atoms with Crippen LogP contribution in [0.15, 0.2) is 54.9 Å². The third-order valence-corrected chi connectivity index (χ3v) is 5.34. The second-order valence-electron chi connectivity index (χ2n) is 7.01. The smallest absolute Gasteiger partial charge is 0.241 e. The van der Waals surface area contributed by atoms with Crippen LogP contribution in [0.5, 0.6) is 5.75 Å². The Morgan fingerprint density at radius 2 is 1.85 bits per heavy atom. The number of benzene rings is 1. The van der Waals surface area contributed by atoms with Crippen LogP contribution in [-0.4, -0.2) is 16.0 Å². The number of ether oxygens (including phenoxy) is 1. The zero-order chi connectivity index (χ0) is 17.9. The van der Waals surface area contributed by atoms with E-state index in [4.69, 9.17) is 4.74 Å². The van der Waals surface area contributed by atoms with Gasteiger partial charge in [-0.05, 0) is 43.2 Å². The van der Waals surface area contributed by atoms with E-state index in [1.807, 2.05) is 59.4 Å². The van der Waals surface area contributed by atoms with Gasteiger partial charge in [0.2, 0.25) is 6.43 Å². The van der Waals surface area contributed by atoms with E-state index < -0.39 is 12.3 Å². The summed E-state index contributed by atoms with van der Waals surface area (Å²) in [6.45, 7) is 0.514. The Bertz CT molecular complexity index is 855. The monoisotopic (exact) mass is 356 g/mol. The summed E-state index contributed by atoms with van der Waals surface area (Å²) in [6.07, 6.45) is 4.34. The maximum atomic E-state index is 12.9. The minimum Gasteiger partial charge on any atom is -0.489 e. The molecule has 3 nitrogen and oxygen atoms in total. The summed E-state index contributed by atoms with van der Waals surface area (Å²) in [5.74, 6) is 0.647. The van der Waals surface area contributed by atoms with Gasteiger partial charge in [0, 0.05) is 23.7 Å². The number of fused-ring (bicyclic) bond motifs is 1. The summed E-state index contributed by atoms with van der Waals surface area (Å²) < 4.78 is 33.5. The van der Waals surface area contributed by atoms with Gasteiger partial charge in [0.05, 0.1) is 11.7 Å². The summed E-state index contributed by atoms with van der Waals surface area (Å²) in [7, 11) is 0. The minimum atomic E-state index is -2.20. The fourth-order valence-corrected chi connectivity index (χ4v) is 3.81. The zero-order valence-electron chi connectivity index (χ0n) is 14.5. The molecular formula is C21H22F2N2O. The first-order valence-electron chi connectivity index (χ1n) is 9.13. The van der Waals surface area contributed by atoms with Crippen LogP contribution in [0, 0.1) is 5.92 Å². The van der Waals surface area contributed by atoms with E-state index in [0.717, 1.165) is 35.2 Å². The van der Waals surface area contributed by atoms with Crippen LogP contribution < -0.4 is 4.74 Å². The normalized spacial score (nSPS) is 20.6. The molecule has 2 heterocycles. The van der Waals surface area contributed by atoms with Crippen LogP contribution in [0.1, 0.15) is 42.7 Å². The lowest BCUT2D eigenvalue weighted by molar-refractivity contribution is 0.0529. The third-order valence-electron chi connectivity index (χ3n) is 5.34. The molecule has 1 aromatic carbocycles. The van der Waals surface area contributed by atoms with Crippen molar-refractivity contribution in [3.63, 3.8) is 0 Å². The molecule has 3 aromatic rings. The number of nitrogens with zero attached hydrogens (tertiary/aromatic N) is 2. The number of aromatic nitrogens is 2. The maximum Gasteiger partial charge on any atom is 0.241 e. The predicted molar refractivity (Wildman–Crippen MR) is 96.7 cm³/mol. The third kappa shape index (κ3) is 3.57. The maximum absolute atomic E-state index is 12.9. The van der Waals surface area contributed by atoms with E-state index in [9.17, 15) is 8.78 Å². The van der Waals surface area contributed by atoms with Gasteiger partial charge in [-0.25, -0.2) is 13.3 Å². The molecule has 136 valence electrons. The molecule has 0 spiro atoms. The summed E-state index contributed by atoms with van der Waals surface area (Å²) in [6, 6.07) is 13.9. The lowest BCUT2D eigenvalue weighted by atomic mass is 9.79. The minimum absolute atomic E-state index is 0.298. The molecule has 0 unspecified atom stereocenters. The average Bonchev–Trinajstić information content (AvgIpc) is 3.10. The van der Waals surface area contributed by atoms with E-state index >= 15 is 0 Å². The quantitative estimate of drug-likeness (QED) is 0.607. The van der Waals surface area contributed by atoms with Crippen molar-refractivity contribution in [2.75, 3.05) is 0 Å². The van der Waals surface area contributed by atoms with Crippen molar-refractivity contribution in [3.05, 3.63) is 66.0 Å². The molecule has 2 aromatic heterocycles. The largest absolute Gasteiger partial charge is 0.489 e. The van der Waals surface area contributed by atoms with Crippen LogP contribution in [-0.2, 0) is 6.61 Å². The molecule has 0 atom stereocenters. The van der Waals surface area contributed by atoms with E-state index in [1.165, 1.54) is 0 Å². The molecule has 1 aliphatic carbocycles. The molecule has 0 saturated heterocycles. The molecule has 26 heavy (non-hydrogen) atoms. The van der Waals surface area contributed by atoms with Crippen molar-refractivity contribution >= 4 is 5.52 Å². The Hall–Kier alpha value is -2.43. The van der Waals surface area contributed by atoms with Crippen LogP contribution >= 0.6 is 0 Å². The van der Waals surface area contributed by atoms with E-state index in [0.29, 0.717) is 25.4 Å². The lowest BCUT2D eigenvalue weighted by Crippen LogP contribution is -2.19. The zero-order valence-corrected chi connectivity index (χ0v) is 14.5. The second-order valence-corrected chi connectivity index (χ2v) is 7.01. The number of hydrogen-bond acceptors (Lipinski definition) is 2. The molecule has 1 saturated carbocycles. The van der Waals surface area contributed by atoms with Crippen molar-refractivity contribution in [2.24, 2.45) is 5.92 Å². The SMILES string of the molecule is FC(F)C1CCC(c2cnn3ccc(OCc4ccccc4)cc23)CC1. The number of pyridine rings is 1. The van der Waals surface area contributed by atoms with E-state index in [1.54, 1.807) is 0 Å². The Morgan fingerprint density at radius 3 is 2.58 bits per heavy atom. The molecule has 0 radical (unpaired) electrons. The van der Waals surface area contributed by atoms with Gasteiger partial charge in [0.1, 0.15) is 12.4 Å². The van der Waals surface area contributed by atoms with Crippen LogP contribution in [0.4, 0.5) is 8.78 Å². The molecule has 0 aliphatic heterocycles. The molecular weight excluding hydrogens is 334 g/mol. The summed E-state index contributed by atoms with van der Waals surface area (Å²) in [5.41, 5.74) is 3.27. The topological polar surface area (TPSA) is 26.5 Å². The second kappa shape index (κ2) is 7.44. The first-order chi connectivity index (χ1) is 12.7. The van der Waals surface area contributed by atoms with Crippen LogP contribution in [0.2, 0.25) is 0 Å². The van der Waals surface area contributed by atoms with Gasteiger partial charge >= 0.3 is 0 Å². The first kappa shape index (κ1) is 17.0. The van der Waals surface area contributed by atoms with Crippen LogP contribution in [0.25, 0.3) is 5.52 Å². The highest BCUT2D eigenvalue weighted by atomic mass is 19.3. The standard InChI is InChI=1S/C21H22F2N2O/c22-21(23)17-8-6-16(7-9-17)19-13-24-25-11-10-18(12-20(19)25)26-14-15-4-2-1-3-5-15/h1-5,10-13,16-17,21H,6-9,14H2. The molecule has 4 rings (SSSR count). The summed E-state index contributed by atoms with van der Waals surface area (Å²) in [4.78, 5) is 0. The lowest BCUT2D eigenvalue weighted by Gasteiger charge is -2.27. The van der Waals surface area contributed by atoms with Crippen molar-refractivity contribution in [1.82, 2.24) is 9.61 Å². The highest BCUT2D eigenvalue weighted by Crippen LogP contribution is 2.39. The fourth-order valence-electron chi connectivity index (χ4n) is 3.81. The molecule has 5 heteroatoms. The number of halogens is 2. The number of hydrogen-bond donors (Lipinski definition) is 0. The molecule has 0 bridgehead atoms. The number of rotatable bonds is 5. The Balaban J connectivity index is 1.50. The van der Waals surface area contributed by atoms with Gasteiger partial charge in [0.25, 0.3) is 0 Å². The molecule has 1 aliphatic rings. The van der Waals surface area contributed by atoms with Gasteiger partial charge in [-0.15, -0.1) is 0 Å². The summed E-state index contributed by atoms with van der Waals surface area (Å²) in [5, 5.41) is 4.42. The Labute approximate surface area is 151 Å².